The van der Waals surface area contributed by atoms with Crippen LogP contribution in [0, 0.1) is 17.2 Å². The first-order valence-corrected chi connectivity index (χ1v) is 11.5. The van der Waals surface area contributed by atoms with Gasteiger partial charge in [0.15, 0.2) is 5.16 Å². The Bertz CT molecular complexity index is 1020. The maximum absolute atomic E-state index is 13.2. The highest BCUT2D eigenvalue weighted by molar-refractivity contribution is 8.00. The van der Waals surface area contributed by atoms with E-state index < -0.39 is 10.8 Å². The van der Waals surface area contributed by atoms with Crippen LogP contribution in [0.4, 0.5) is 0 Å². The van der Waals surface area contributed by atoms with Gasteiger partial charge in [0.1, 0.15) is 5.54 Å². The molecular weight excluding hydrogens is 396 g/mol. The maximum atomic E-state index is 13.2. The molecule has 6 nitrogen and oxygen atoms in total. The number of benzene rings is 1. The van der Waals surface area contributed by atoms with Gasteiger partial charge in [-0.2, -0.15) is 5.26 Å². The summed E-state index contributed by atoms with van der Waals surface area (Å²) in [7, 11) is 1.74. The highest BCUT2D eigenvalue weighted by atomic mass is 32.2. The van der Waals surface area contributed by atoms with Gasteiger partial charge in [0, 0.05) is 13.6 Å². The molecule has 1 saturated carbocycles. The van der Waals surface area contributed by atoms with Crippen LogP contribution < -0.4 is 5.56 Å². The molecule has 0 unspecified atom stereocenters. The molecule has 30 heavy (non-hydrogen) atoms. The third kappa shape index (κ3) is 4.39. The van der Waals surface area contributed by atoms with Crippen molar-refractivity contribution in [1.29, 1.82) is 5.26 Å². The zero-order chi connectivity index (χ0) is 21.9. The van der Waals surface area contributed by atoms with Crippen LogP contribution >= 0.6 is 11.8 Å². The predicted octanol–water partition coefficient (Wildman–Crippen LogP) is 4.22. The number of fused-ring (bicyclic) bond motifs is 1. The van der Waals surface area contributed by atoms with E-state index in [1.54, 1.807) is 22.6 Å². The molecule has 0 bridgehead atoms. The molecule has 1 fully saturated rings. The Hall–Kier alpha value is -2.33. The van der Waals surface area contributed by atoms with E-state index in [1.807, 2.05) is 25.1 Å². The molecule has 7 heteroatoms. The normalized spacial score (nSPS) is 16.9. The Morgan fingerprint density at radius 2 is 1.93 bits per heavy atom. The molecule has 1 aliphatic carbocycles. The van der Waals surface area contributed by atoms with E-state index in [2.05, 4.69) is 19.9 Å². The molecule has 2 aromatic rings. The van der Waals surface area contributed by atoms with Gasteiger partial charge < -0.3 is 4.90 Å². The average molecular weight is 427 g/mol. The second kappa shape index (κ2) is 9.22. The van der Waals surface area contributed by atoms with Crippen LogP contribution in [0.25, 0.3) is 10.9 Å². The van der Waals surface area contributed by atoms with Gasteiger partial charge in [-0.25, -0.2) is 4.98 Å². The fourth-order valence-electron chi connectivity index (χ4n) is 4.11. The quantitative estimate of drug-likeness (QED) is 0.510. The van der Waals surface area contributed by atoms with E-state index in [0.29, 0.717) is 22.6 Å². The summed E-state index contributed by atoms with van der Waals surface area (Å²) in [6.45, 7) is 6.48. The highest BCUT2D eigenvalue weighted by Gasteiger charge is 2.40. The van der Waals surface area contributed by atoms with Crippen LogP contribution in [0.15, 0.2) is 34.2 Å². The standard InChI is InChI=1S/C23H30N4O2S/c1-16(2)14-27-21(29)18-10-6-7-11-19(18)25-22(27)30-17(3)20(28)26(4)23(15-24)12-8-5-9-13-23/h6-7,10-11,16-17H,5,8-9,12-14H2,1-4H3/t17-/m0/s1. The maximum Gasteiger partial charge on any atom is 0.262 e. The molecule has 0 saturated heterocycles. The van der Waals surface area contributed by atoms with Crippen molar-refractivity contribution in [2.75, 3.05) is 7.05 Å². The molecule has 160 valence electrons. The SMILES string of the molecule is CC(C)Cn1c(S[C@@H](C)C(=O)N(C)C2(C#N)CCCCC2)nc2ccccc2c1=O. The van der Waals surface area contributed by atoms with E-state index in [-0.39, 0.29) is 17.4 Å². The zero-order valence-corrected chi connectivity index (χ0v) is 19.0. The lowest BCUT2D eigenvalue weighted by Gasteiger charge is -2.40. The van der Waals surface area contributed by atoms with E-state index >= 15 is 0 Å². The summed E-state index contributed by atoms with van der Waals surface area (Å²) in [6, 6.07) is 9.72. The summed E-state index contributed by atoms with van der Waals surface area (Å²) in [4.78, 5) is 32.7. The lowest BCUT2D eigenvalue weighted by atomic mass is 9.81. The Morgan fingerprint density at radius 3 is 2.57 bits per heavy atom. The topological polar surface area (TPSA) is 79.0 Å². The monoisotopic (exact) mass is 426 g/mol. The Kier molecular flexibility index (Phi) is 6.87. The molecule has 3 rings (SSSR count). The molecule has 0 aliphatic heterocycles. The second-order valence-electron chi connectivity index (χ2n) is 8.58. The lowest BCUT2D eigenvalue weighted by molar-refractivity contribution is -0.133. The summed E-state index contributed by atoms with van der Waals surface area (Å²) < 4.78 is 1.68. The first-order valence-electron chi connectivity index (χ1n) is 10.6. The van der Waals surface area contributed by atoms with Gasteiger partial charge in [-0.1, -0.05) is 57.0 Å². The summed E-state index contributed by atoms with van der Waals surface area (Å²) in [6.07, 6.45) is 4.47. The molecule has 0 N–H and O–H groups in total. The van der Waals surface area contributed by atoms with Crippen LogP contribution in [-0.2, 0) is 11.3 Å². The first kappa shape index (κ1) is 22.4. The fraction of sp³-hybridized carbons (Fsp3) is 0.565. The van der Waals surface area contributed by atoms with Crippen LogP contribution in [0.2, 0.25) is 0 Å². The summed E-state index contributed by atoms with van der Waals surface area (Å²) >= 11 is 1.30. The number of rotatable bonds is 6. The minimum atomic E-state index is -0.724. The van der Waals surface area contributed by atoms with Gasteiger partial charge >= 0.3 is 0 Å². The molecule has 1 amide bonds. The third-order valence-corrected chi connectivity index (χ3v) is 6.94. The van der Waals surface area contributed by atoms with Crippen molar-refractivity contribution in [1.82, 2.24) is 14.5 Å². The minimum absolute atomic E-state index is 0.0782. The van der Waals surface area contributed by atoms with E-state index in [1.165, 1.54) is 11.8 Å². The number of nitrogens with zero attached hydrogens (tertiary/aromatic N) is 4. The number of carbonyl (C=O) groups is 1. The average Bonchev–Trinajstić information content (AvgIpc) is 2.75. The number of aromatic nitrogens is 2. The van der Waals surface area contributed by atoms with Crippen LogP contribution in [0.5, 0.6) is 0 Å². The molecule has 1 atom stereocenters. The summed E-state index contributed by atoms with van der Waals surface area (Å²) in [5, 5.41) is 10.5. The predicted molar refractivity (Wildman–Crippen MR) is 120 cm³/mol. The van der Waals surface area contributed by atoms with Gasteiger partial charge in [0.05, 0.1) is 22.2 Å². The number of nitriles is 1. The van der Waals surface area contributed by atoms with Crippen molar-refractivity contribution in [2.45, 2.75) is 75.4 Å². The third-order valence-electron chi connectivity index (χ3n) is 5.87. The van der Waals surface area contributed by atoms with Gasteiger partial charge in [0.25, 0.3) is 5.56 Å². The molecule has 1 heterocycles. The van der Waals surface area contributed by atoms with Gasteiger partial charge in [-0.05, 0) is 37.8 Å². The minimum Gasteiger partial charge on any atom is -0.326 e. The molecule has 0 spiro atoms. The second-order valence-corrected chi connectivity index (χ2v) is 9.89. The van der Waals surface area contributed by atoms with Crippen molar-refractivity contribution in [3.8, 4) is 6.07 Å². The number of carbonyl (C=O) groups excluding carboxylic acids is 1. The fourth-order valence-corrected chi connectivity index (χ4v) is 5.13. The molecule has 1 aliphatic rings. The molecule has 1 aromatic heterocycles. The number of hydrogen-bond acceptors (Lipinski definition) is 5. The Morgan fingerprint density at radius 1 is 1.27 bits per heavy atom. The van der Waals surface area contributed by atoms with Gasteiger partial charge in [-0.3, -0.25) is 14.2 Å². The molecule has 0 radical (unpaired) electrons. The number of hydrogen-bond donors (Lipinski definition) is 0. The van der Waals surface area contributed by atoms with Crippen LogP contribution in [0.1, 0.15) is 52.9 Å². The summed E-state index contributed by atoms with van der Waals surface area (Å²) in [5.74, 6) is 0.171. The Balaban J connectivity index is 1.92. The Labute approximate surface area is 182 Å². The van der Waals surface area contributed by atoms with E-state index in [0.717, 1.165) is 32.1 Å². The van der Waals surface area contributed by atoms with Gasteiger partial charge in [-0.15, -0.1) is 0 Å². The smallest absolute Gasteiger partial charge is 0.262 e. The first-order chi connectivity index (χ1) is 14.3. The molecule has 1 aromatic carbocycles. The number of amides is 1. The molecular formula is C23H30N4O2S. The zero-order valence-electron chi connectivity index (χ0n) is 18.2. The van der Waals surface area contributed by atoms with Crippen molar-refractivity contribution in [3.05, 3.63) is 34.6 Å². The van der Waals surface area contributed by atoms with Gasteiger partial charge in [0.2, 0.25) is 5.91 Å². The highest BCUT2D eigenvalue weighted by Crippen LogP contribution is 2.34. The number of para-hydroxylation sites is 1. The van der Waals surface area contributed by atoms with Crippen LogP contribution in [-0.4, -0.2) is 38.2 Å². The van der Waals surface area contributed by atoms with E-state index in [9.17, 15) is 14.9 Å². The van der Waals surface area contributed by atoms with Crippen molar-refractivity contribution < 1.29 is 4.79 Å². The van der Waals surface area contributed by atoms with Crippen molar-refractivity contribution >= 4 is 28.6 Å². The summed E-state index contributed by atoms with van der Waals surface area (Å²) in [5.41, 5.74) is -0.164. The van der Waals surface area contributed by atoms with Crippen LogP contribution in [0.3, 0.4) is 0 Å². The van der Waals surface area contributed by atoms with E-state index in [4.69, 9.17) is 4.98 Å². The van der Waals surface area contributed by atoms with Crippen molar-refractivity contribution in [2.24, 2.45) is 5.92 Å². The number of thioether (sulfide) groups is 1. The van der Waals surface area contributed by atoms with Crippen molar-refractivity contribution in [3.63, 3.8) is 0 Å². The lowest BCUT2D eigenvalue weighted by Crippen LogP contribution is -2.52. The largest absolute Gasteiger partial charge is 0.326 e.